The number of carbonyl (C=O) groups is 1. The van der Waals surface area contributed by atoms with Crippen molar-refractivity contribution < 1.29 is 22.7 Å². The molecule has 0 radical (unpaired) electrons. The molecule has 6 nitrogen and oxygen atoms in total. The number of nitrogens with zero attached hydrogens (tertiary/aromatic N) is 3. The standard InChI is InChI=1S/C15H17F3N4O2S/c1-24-7-3-6-22-10-19-21-14(22)25-9-13(23)20-12-5-2-4-11(8-12)15(16,17)18/h2,4-5,8,10H,3,6-7,9H2,1H3,(H,20,23). The summed E-state index contributed by atoms with van der Waals surface area (Å²) in [6.07, 6.45) is -2.12. The number of rotatable bonds is 8. The van der Waals surface area contributed by atoms with Crippen molar-refractivity contribution in [1.82, 2.24) is 14.8 Å². The third kappa shape index (κ3) is 6.05. The van der Waals surface area contributed by atoms with Crippen LogP contribution in [0.15, 0.2) is 35.7 Å². The Morgan fingerprint density at radius 1 is 1.40 bits per heavy atom. The van der Waals surface area contributed by atoms with E-state index in [1.54, 1.807) is 18.0 Å². The van der Waals surface area contributed by atoms with E-state index in [4.69, 9.17) is 4.74 Å². The highest BCUT2D eigenvalue weighted by Crippen LogP contribution is 2.30. The molecule has 25 heavy (non-hydrogen) atoms. The van der Waals surface area contributed by atoms with E-state index in [-0.39, 0.29) is 11.4 Å². The largest absolute Gasteiger partial charge is 0.416 e. The molecule has 1 aromatic heterocycles. The minimum atomic E-state index is -4.45. The number of hydrogen-bond acceptors (Lipinski definition) is 5. The van der Waals surface area contributed by atoms with Gasteiger partial charge in [-0.25, -0.2) is 0 Å². The van der Waals surface area contributed by atoms with Crippen molar-refractivity contribution in [3.63, 3.8) is 0 Å². The van der Waals surface area contributed by atoms with Crippen molar-refractivity contribution in [2.45, 2.75) is 24.3 Å². The van der Waals surface area contributed by atoms with E-state index in [1.807, 2.05) is 0 Å². The number of carbonyl (C=O) groups excluding carboxylic acids is 1. The van der Waals surface area contributed by atoms with Crippen LogP contribution in [0.2, 0.25) is 0 Å². The molecule has 1 N–H and O–H groups in total. The Bertz CT molecular complexity index is 706. The molecule has 1 amide bonds. The molecular formula is C15H17F3N4O2S. The Balaban J connectivity index is 1.88. The molecule has 2 rings (SSSR count). The van der Waals surface area contributed by atoms with Crippen LogP contribution in [0.5, 0.6) is 0 Å². The molecule has 0 atom stereocenters. The molecule has 2 aromatic rings. The number of hydrogen-bond donors (Lipinski definition) is 1. The maximum absolute atomic E-state index is 12.7. The predicted octanol–water partition coefficient (Wildman–Crippen LogP) is 3.06. The molecule has 0 spiro atoms. The number of aromatic nitrogens is 3. The molecule has 1 heterocycles. The molecule has 0 bridgehead atoms. The Labute approximate surface area is 146 Å². The Hall–Kier alpha value is -2.07. The fraction of sp³-hybridized carbons (Fsp3) is 0.400. The Kier molecular flexibility index (Phi) is 6.82. The van der Waals surface area contributed by atoms with Crippen LogP contribution in [0.3, 0.4) is 0 Å². The molecule has 0 aliphatic carbocycles. The lowest BCUT2D eigenvalue weighted by molar-refractivity contribution is -0.137. The van der Waals surface area contributed by atoms with Gasteiger partial charge in [-0.3, -0.25) is 4.79 Å². The Morgan fingerprint density at radius 3 is 2.92 bits per heavy atom. The number of halogens is 3. The zero-order valence-electron chi connectivity index (χ0n) is 13.4. The van der Waals surface area contributed by atoms with Crippen LogP contribution >= 0.6 is 11.8 Å². The zero-order valence-corrected chi connectivity index (χ0v) is 14.2. The molecule has 0 saturated carbocycles. The van der Waals surface area contributed by atoms with E-state index >= 15 is 0 Å². The van der Waals surface area contributed by atoms with Crippen LogP contribution in [0, 0.1) is 0 Å². The summed E-state index contributed by atoms with van der Waals surface area (Å²) in [6, 6.07) is 4.51. The van der Waals surface area contributed by atoms with Crippen LogP contribution in [0.25, 0.3) is 0 Å². The van der Waals surface area contributed by atoms with E-state index in [0.717, 1.165) is 30.3 Å². The SMILES string of the molecule is COCCCn1cnnc1SCC(=O)Nc1cccc(C(F)(F)F)c1. The second-order valence-corrected chi connectivity index (χ2v) is 6.01. The number of nitrogens with one attached hydrogen (secondary N) is 1. The van der Waals surface area contributed by atoms with Gasteiger partial charge in [0.2, 0.25) is 5.91 Å². The summed E-state index contributed by atoms with van der Waals surface area (Å²) >= 11 is 1.16. The summed E-state index contributed by atoms with van der Waals surface area (Å²) in [5.74, 6) is -0.407. The lowest BCUT2D eigenvalue weighted by Gasteiger charge is -2.10. The summed E-state index contributed by atoms with van der Waals surface area (Å²) in [6.45, 7) is 1.25. The van der Waals surface area contributed by atoms with Gasteiger partial charge in [0, 0.05) is 25.9 Å². The number of methoxy groups -OCH3 is 1. The average molecular weight is 374 g/mol. The van der Waals surface area contributed by atoms with Crippen molar-refractivity contribution in [3.8, 4) is 0 Å². The third-order valence-corrected chi connectivity index (χ3v) is 4.11. The predicted molar refractivity (Wildman–Crippen MR) is 87.3 cm³/mol. The third-order valence-electron chi connectivity index (χ3n) is 3.13. The van der Waals surface area contributed by atoms with Crippen molar-refractivity contribution in [1.29, 1.82) is 0 Å². The molecule has 10 heteroatoms. The second kappa shape index (κ2) is 8.86. The lowest BCUT2D eigenvalue weighted by atomic mass is 10.2. The maximum atomic E-state index is 12.7. The number of aryl methyl sites for hydroxylation is 1. The molecule has 136 valence electrons. The summed E-state index contributed by atoms with van der Waals surface area (Å²) in [5, 5.41) is 10.7. The van der Waals surface area contributed by atoms with E-state index < -0.39 is 17.6 Å². The summed E-state index contributed by atoms with van der Waals surface area (Å²) in [5.41, 5.74) is -0.710. The van der Waals surface area contributed by atoms with Crippen LogP contribution in [0.1, 0.15) is 12.0 Å². The monoisotopic (exact) mass is 374 g/mol. The van der Waals surface area contributed by atoms with E-state index in [0.29, 0.717) is 18.3 Å². The van der Waals surface area contributed by atoms with E-state index in [1.165, 1.54) is 12.1 Å². The normalized spacial score (nSPS) is 11.5. The van der Waals surface area contributed by atoms with Gasteiger partial charge in [0.1, 0.15) is 6.33 Å². The van der Waals surface area contributed by atoms with Crippen LogP contribution in [-0.2, 0) is 22.3 Å². The number of alkyl halides is 3. The molecule has 0 saturated heterocycles. The van der Waals surface area contributed by atoms with Crippen LogP contribution in [0.4, 0.5) is 18.9 Å². The maximum Gasteiger partial charge on any atom is 0.416 e. The smallest absolute Gasteiger partial charge is 0.385 e. The van der Waals surface area contributed by atoms with E-state index in [2.05, 4.69) is 15.5 Å². The molecule has 0 fully saturated rings. The fourth-order valence-electron chi connectivity index (χ4n) is 1.99. The number of ether oxygens (including phenoxy) is 1. The lowest BCUT2D eigenvalue weighted by Crippen LogP contribution is -2.15. The summed E-state index contributed by atoms with van der Waals surface area (Å²) < 4.78 is 44.8. The highest BCUT2D eigenvalue weighted by molar-refractivity contribution is 7.99. The van der Waals surface area contributed by atoms with Gasteiger partial charge >= 0.3 is 6.18 Å². The average Bonchev–Trinajstić information content (AvgIpc) is 3.00. The molecule has 1 aromatic carbocycles. The number of anilines is 1. The van der Waals surface area contributed by atoms with Gasteiger partial charge in [0.25, 0.3) is 0 Å². The molecule has 0 aliphatic rings. The highest BCUT2D eigenvalue weighted by Gasteiger charge is 2.30. The molecule has 0 unspecified atom stereocenters. The fourth-order valence-corrected chi connectivity index (χ4v) is 2.73. The van der Waals surface area contributed by atoms with Gasteiger partial charge in [-0.15, -0.1) is 10.2 Å². The quantitative estimate of drug-likeness (QED) is 0.568. The van der Waals surface area contributed by atoms with Gasteiger partial charge < -0.3 is 14.6 Å². The number of thioether (sulfide) groups is 1. The zero-order chi connectivity index (χ0) is 18.3. The summed E-state index contributed by atoms with van der Waals surface area (Å²) in [4.78, 5) is 11.9. The van der Waals surface area contributed by atoms with Gasteiger partial charge in [0.05, 0.1) is 11.3 Å². The first-order valence-electron chi connectivity index (χ1n) is 7.37. The van der Waals surface area contributed by atoms with Crippen molar-refractivity contribution in [2.75, 3.05) is 24.8 Å². The number of benzene rings is 1. The highest BCUT2D eigenvalue weighted by atomic mass is 32.2. The van der Waals surface area contributed by atoms with Gasteiger partial charge in [-0.05, 0) is 24.6 Å². The van der Waals surface area contributed by atoms with Gasteiger partial charge in [-0.1, -0.05) is 17.8 Å². The van der Waals surface area contributed by atoms with Gasteiger partial charge in [-0.2, -0.15) is 13.2 Å². The van der Waals surface area contributed by atoms with Crippen molar-refractivity contribution in [2.24, 2.45) is 0 Å². The molecule has 0 aliphatic heterocycles. The number of amides is 1. The Morgan fingerprint density at radius 2 is 2.20 bits per heavy atom. The van der Waals surface area contributed by atoms with Crippen molar-refractivity contribution in [3.05, 3.63) is 36.2 Å². The van der Waals surface area contributed by atoms with Crippen LogP contribution in [-0.4, -0.2) is 40.1 Å². The first kappa shape index (κ1) is 19.3. The van der Waals surface area contributed by atoms with Gasteiger partial charge in [0.15, 0.2) is 5.16 Å². The first-order chi connectivity index (χ1) is 11.9. The second-order valence-electron chi connectivity index (χ2n) is 5.07. The first-order valence-corrected chi connectivity index (χ1v) is 8.35. The topological polar surface area (TPSA) is 69.0 Å². The van der Waals surface area contributed by atoms with E-state index in [9.17, 15) is 18.0 Å². The van der Waals surface area contributed by atoms with Crippen LogP contribution < -0.4 is 5.32 Å². The minimum Gasteiger partial charge on any atom is -0.385 e. The summed E-state index contributed by atoms with van der Waals surface area (Å²) in [7, 11) is 1.61. The minimum absolute atomic E-state index is 0.0131. The molecular weight excluding hydrogens is 357 g/mol. The van der Waals surface area contributed by atoms with Crippen molar-refractivity contribution >= 4 is 23.4 Å².